The summed E-state index contributed by atoms with van der Waals surface area (Å²) in [5.74, 6) is -0.269. The lowest BCUT2D eigenvalue weighted by molar-refractivity contribution is 0.355. The fourth-order valence-corrected chi connectivity index (χ4v) is 2.31. The molecule has 0 radical (unpaired) electrons. The summed E-state index contributed by atoms with van der Waals surface area (Å²) in [7, 11) is 2.90. The number of ether oxygens (including phenoxy) is 2. The second kappa shape index (κ2) is 5.64. The zero-order valence-corrected chi connectivity index (χ0v) is 12.4. The largest absolute Gasteiger partial charge is 0.502 e. The highest BCUT2D eigenvalue weighted by atomic mass is 19.1. The molecule has 0 amide bonds. The van der Waals surface area contributed by atoms with E-state index in [0.717, 1.165) is 0 Å². The molecule has 0 unspecified atom stereocenters. The van der Waals surface area contributed by atoms with Crippen LogP contribution in [0.5, 0.6) is 17.2 Å². The fraction of sp³-hybridized carbons (Fsp3) is 0.118. The lowest BCUT2D eigenvalue weighted by Crippen LogP contribution is -2.03. The molecule has 3 aromatic rings. The Balaban J connectivity index is 2.31. The molecule has 1 heterocycles. The minimum absolute atomic E-state index is 0.0327. The minimum Gasteiger partial charge on any atom is -0.502 e. The van der Waals surface area contributed by atoms with Crippen molar-refractivity contribution in [1.29, 1.82) is 0 Å². The molecule has 0 bridgehead atoms. The summed E-state index contributed by atoms with van der Waals surface area (Å²) in [5.41, 5.74) is 0.00832. The number of hydrogen-bond donors (Lipinski definition) is 1. The summed E-state index contributed by atoms with van der Waals surface area (Å²) < 4.78 is 29.0. The number of fused-ring (bicyclic) bond motifs is 1. The maximum absolute atomic E-state index is 13.0. The predicted octanol–water partition coefficient (Wildman–Crippen LogP) is 3.32. The van der Waals surface area contributed by atoms with Crippen molar-refractivity contribution in [2.45, 2.75) is 0 Å². The van der Waals surface area contributed by atoms with Gasteiger partial charge in [0.15, 0.2) is 17.3 Å². The van der Waals surface area contributed by atoms with Crippen molar-refractivity contribution < 1.29 is 23.4 Å². The van der Waals surface area contributed by atoms with E-state index in [2.05, 4.69) is 0 Å². The van der Waals surface area contributed by atoms with Crippen LogP contribution in [0.4, 0.5) is 4.39 Å². The Labute approximate surface area is 130 Å². The van der Waals surface area contributed by atoms with E-state index in [9.17, 15) is 14.3 Å². The molecule has 0 spiro atoms. The number of benzene rings is 2. The molecule has 0 atom stereocenters. The monoisotopic (exact) mass is 316 g/mol. The molecule has 3 rings (SSSR count). The van der Waals surface area contributed by atoms with Gasteiger partial charge in [-0.15, -0.1) is 0 Å². The number of aromatic hydroxyl groups is 1. The molecular formula is C17H13FO5. The molecule has 0 saturated carbocycles. The van der Waals surface area contributed by atoms with Crippen molar-refractivity contribution in [3.63, 3.8) is 0 Å². The average Bonchev–Trinajstić information content (AvgIpc) is 2.58. The first kappa shape index (κ1) is 14.9. The molecule has 1 N–H and O–H groups in total. The van der Waals surface area contributed by atoms with Crippen molar-refractivity contribution in [3.05, 3.63) is 52.4 Å². The zero-order valence-electron chi connectivity index (χ0n) is 12.4. The van der Waals surface area contributed by atoms with Crippen LogP contribution in [0.25, 0.3) is 22.3 Å². The molecule has 6 heteroatoms. The Hall–Kier alpha value is -3.02. The molecule has 23 heavy (non-hydrogen) atoms. The van der Waals surface area contributed by atoms with Crippen LogP contribution in [0.15, 0.2) is 45.6 Å². The summed E-state index contributed by atoms with van der Waals surface area (Å²) in [6, 6.07) is 8.21. The van der Waals surface area contributed by atoms with Crippen molar-refractivity contribution in [1.82, 2.24) is 0 Å². The zero-order chi connectivity index (χ0) is 16.6. The summed E-state index contributed by atoms with van der Waals surface area (Å²) >= 11 is 0. The number of rotatable bonds is 3. The number of hydrogen-bond acceptors (Lipinski definition) is 5. The van der Waals surface area contributed by atoms with Gasteiger partial charge in [-0.3, -0.25) is 4.79 Å². The Morgan fingerprint density at radius 1 is 1.04 bits per heavy atom. The predicted molar refractivity (Wildman–Crippen MR) is 82.6 cm³/mol. The van der Waals surface area contributed by atoms with Crippen molar-refractivity contribution in [2.24, 2.45) is 0 Å². The van der Waals surface area contributed by atoms with E-state index in [-0.39, 0.29) is 16.7 Å². The third-order valence-electron chi connectivity index (χ3n) is 3.48. The van der Waals surface area contributed by atoms with Gasteiger partial charge in [0.05, 0.1) is 19.6 Å². The molecule has 0 aliphatic heterocycles. The summed E-state index contributed by atoms with van der Waals surface area (Å²) in [6.07, 6.45) is 0. The molecule has 5 nitrogen and oxygen atoms in total. The second-order valence-corrected chi connectivity index (χ2v) is 4.82. The van der Waals surface area contributed by atoms with Crippen LogP contribution < -0.4 is 14.9 Å². The normalized spacial score (nSPS) is 10.7. The summed E-state index contributed by atoms with van der Waals surface area (Å²) in [4.78, 5) is 12.4. The SMILES string of the molecule is COc1cc2oc(-c3ccc(F)cc3)c(O)c(=O)c2cc1OC. The molecule has 118 valence electrons. The maximum atomic E-state index is 13.0. The number of methoxy groups -OCH3 is 2. The van der Waals surface area contributed by atoms with E-state index in [1.165, 1.54) is 50.6 Å². The summed E-state index contributed by atoms with van der Waals surface area (Å²) in [5, 5.41) is 10.3. The third-order valence-corrected chi connectivity index (χ3v) is 3.48. The van der Waals surface area contributed by atoms with Gasteiger partial charge < -0.3 is 19.0 Å². The lowest BCUT2D eigenvalue weighted by atomic mass is 10.1. The van der Waals surface area contributed by atoms with Gasteiger partial charge in [0.25, 0.3) is 0 Å². The fourth-order valence-electron chi connectivity index (χ4n) is 2.31. The molecule has 1 aromatic heterocycles. The highest BCUT2D eigenvalue weighted by Gasteiger charge is 2.18. The lowest BCUT2D eigenvalue weighted by Gasteiger charge is -2.10. The van der Waals surface area contributed by atoms with Gasteiger partial charge >= 0.3 is 0 Å². The first-order valence-electron chi connectivity index (χ1n) is 6.73. The van der Waals surface area contributed by atoms with E-state index >= 15 is 0 Å². The van der Waals surface area contributed by atoms with Crippen molar-refractivity contribution in [2.75, 3.05) is 14.2 Å². The molecule has 0 aliphatic carbocycles. The van der Waals surface area contributed by atoms with Crippen molar-refractivity contribution >= 4 is 11.0 Å². The topological polar surface area (TPSA) is 68.9 Å². The van der Waals surface area contributed by atoms with Crippen LogP contribution in [-0.4, -0.2) is 19.3 Å². The molecule has 0 saturated heterocycles. The van der Waals surface area contributed by atoms with Crippen molar-refractivity contribution in [3.8, 4) is 28.6 Å². The van der Waals surface area contributed by atoms with Gasteiger partial charge in [-0.2, -0.15) is 0 Å². The van der Waals surface area contributed by atoms with Crippen LogP contribution in [-0.2, 0) is 0 Å². The average molecular weight is 316 g/mol. The smallest absolute Gasteiger partial charge is 0.235 e. The van der Waals surface area contributed by atoms with E-state index in [1.807, 2.05) is 0 Å². The molecule has 2 aromatic carbocycles. The highest BCUT2D eigenvalue weighted by Crippen LogP contribution is 2.35. The Kier molecular flexibility index (Phi) is 3.65. The van der Waals surface area contributed by atoms with Crippen LogP contribution in [0.3, 0.4) is 0 Å². The van der Waals surface area contributed by atoms with Gasteiger partial charge in [-0.05, 0) is 30.3 Å². The quantitative estimate of drug-likeness (QED) is 0.803. The van der Waals surface area contributed by atoms with Crippen LogP contribution in [0.2, 0.25) is 0 Å². The first-order chi connectivity index (χ1) is 11.0. The van der Waals surface area contributed by atoms with E-state index in [1.54, 1.807) is 0 Å². The second-order valence-electron chi connectivity index (χ2n) is 4.82. The Bertz CT molecular complexity index is 928. The van der Waals surface area contributed by atoms with Gasteiger partial charge in [0.1, 0.15) is 11.4 Å². The van der Waals surface area contributed by atoms with Gasteiger partial charge in [-0.25, -0.2) is 4.39 Å². The molecule has 0 aliphatic rings. The first-order valence-corrected chi connectivity index (χ1v) is 6.73. The number of halogens is 1. The molecule has 0 fully saturated rings. The Morgan fingerprint density at radius 2 is 1.65 bits per heavy atom. The minimum atomic E-state index is -0.605. The van der Waals surface area contributed by atoms with Gasteiger partial charge in [0, 0.05) is 11.6 Å². The molecular weight excluding hydrogens is 303 g/mol. The van der Waals surface area contributed by atoms with Gasteiger partial charge in [-0.1, -0.05) is 0 Å². The standard InChI is InChI=1S/C17H13FO5/c1-21-13-7-11-12(8-14(13)22-2)23-17(16(20)15(11)19)9-3-5-10(18)6-4-9/h3-8,20H,1-2H3. The van der Waals surface area contributed by atoms with Gasteiger partial charge in [0.2, 0.25) is 11.2 Å². The summed E-state index contributed by atoms with van der Waals surface area (Å²) in [6.45, 7) is 0. The highest BCUT2D eigenvalue weighted by molar-refractivity contribution is 5.84. The van der Waals surface area contributed by atoms with E-state index in [0.29, 0.717) is 17.1 Å². The van der Waals surface area contributed by atoms with Crippen LogP contribution in [0.1, 0.15) is 0 Å². The third kappa shape index (κ3) is 2.48. The van der Waals surface area contributed by atoms with Crippen LogP contribution in [0, 0.1) is 5.82 Å². The maximum Gasteiger partial charge on any atom is 0.235 e. The van der Waals surface area contributed by atoms with E-state index < -0.39 is 17.0 Å². The van der Waals surface area contributed by atoms with E-state index in [4.69, 9.17) is 13.9 Å². The Morgan fingerprint density at radius 3 is 2.26 bits per heavy atom. The van der Waals surface area contributed by atoms with Crippen LogP contribution >= 0.6 is 0 Å².